The molecule has 0 fully saturated rings. The van der Waals surface area contributed by atoms with Crippen LogP contribution in [0.3, 0.4) is 0 Å². The largest absolute Gasteiger partial charge is 0.493 e. The molecule has 0 saturated heterocycles. The van der Waals surface area contributed by atoms with Crippen molar-refractivity contribution in [2.24, 2.45) is 5.92 Å². The molecule has 0 spiro atoms. The van der Waals surface area contributed by atoms with Gasteiger partial charge in [-0.25, -0.2) is 0 Å². The Morgan fingerprint density at radius 2 is 1.57 bits per heavy atom. The predicted octanol–water partition coefficient (Wildman–Crippen LogP) is 4.77. The molecule has 0 aromatic heterocycles. The van der Waals surface area contributed by atoms with E-state index in [-0.39, 0.29) is 0 Å². The molecule has 2 aromatic rings. The fourth-order valence-electron chi connectivity index (χ4n) is 3.83. The van der Waals surface area contributed by atoms with Gasteiger partial charge in [-0.3, -0.25) is 4.79 Å². The van der Waals surface area contributed by atoms with E-state index < -0.39 is 30.0 Å². The molecular formula is C21H22F3NO3. The van der Waals surface area contributed by atoms with Gasteiger partial charge < -0.3 is 14.4 Å². The van der Waals surface area contributed by atoms with Crippen LogP contribution in [0.4, 0.5) is 18.9 Å². The molecule has 150 valence electrons. The zero-order valence-electron chi connectivity index (χ0n) is 16.1. The minimum absolute atomic E-state index is 0.321. The molecule has 0 N–H and O–H groups in total. The maximum absolute atomic E-state index is 14.1. The van der Waals surface area contributed by atoms with Crippen LogP contribution in [0.5, 0.6) is 11.5 Å². The van der Waals surface area contributed by atoms with Gasteiger partial charge in [-0.15, -0.1) is 0 Å². The number of carbonyl (C=O) groups excluding carboxylic acids is 1. The molecule has 7 heteroatoms. The van der Waals surface area contributed by atoms with Gasteiger partial charge in [0.15, 0.2) is 11.5 Å². The fraction of sp³-hybridized carbons (Fsp3) is 0.381. The van der Waals surface area contributed by atoms with Gasteiger partial charge in [-0.2, -0.15) is 13.2 Å². The first kappa shape index (κ1) is 20.0. The van der Waals surface area contributed by atoms with Crippen molar-refractivity contribution in [3.05, 3.63) is 53.6 Å². The van der Waals surface area contributed by atoms with Crippen LogP contribution in [0, 0.1) is 5.92 Å². The van der Waals surface area contributed by atoms with Gasteiger partial charge in [0.1, 0.15) is 5.92 Å². The number of benzene rings is 2. The third kappa shape index (κ3) is 3.30. The fourth-order valence-corrected chi connectivity index (χ4v) is 3.83. The average Bonchev–Trinajstić information content (AvgIpc) is 2.65. The number of nitrogens with zero attached hydrogens (tertiary/aromatic N) is 1. The lowest BCUT2D eigenvalue weighted by atomic mass is 9.75. The minimum Gasteiger partial charge on any atom is -0.493 e. The highest BCUT2D eigenvalue weighted by Crippen LogP contribution is 2.52. The number of carbonyl (C=O) groups is 1. The van der Waals surface area contributed by atoms with E-state index in [2.05, 4.69) is 0 Å². The minimum atomic E-state index is -4.70. The lowest BCUT2D eigenvalue weighted by Gasteiger charge is -2.42. The maximum atomic E-state index is 14.1. The van der Waals surface area contributed by atoms with Crippen molar-refractivity contribution in [1.29, 1.82) is 0 Å². The molecule has 0 saturated carbocycles. The Hall–Kier alpha value is -2.70. The third-order valence-corrected chi connectivity index (χ3v) is 4.99. The monoisotopic (exact) mass is 393 g/mol. The van der Waals surface area contributed by atoms with Gasteiger partial charge in [-0.05, 0) is 31.0 Å². The summed E-state index contributed by atoms with van der Waals surface area (Å²) in [6.45, 7) is 3.38. The first-order chi connectivity index (χ1) is 13.2. The number of methoxy groups -OCH3 is 2. The average molecular weight is 393 g/mol. The van der Waals surface area contributed by atoms with E-state index in [0.29, 0.717) is 28.3 Å². The number of hydrogen-bond acceptors (Lipinski definition) is 3. The SMILES string of the molecule is COc1cc2c(cc1OC)N(C(C)C)C(=O)[C@H](C(F)(F)F)[C@H]2c1ccccc1. The Morgan fingerprint density at radius 1 is 1.00 bits per heavy atom. The van der Waals surface area contributed by atoms with Crippen molar-refractivity contribution in [3.63, 3.8) is 0 Å². The molecule has 1 aliphatic heterocycles. The molecule has 1 amide bonds. The molecule has 28 heavy (non-hydrogen) atoms. The molecule has 2 aromatic carbocycles. The summed E-state index contributed by atoms with van der Waals surface area (Å²) >= 11 is 0. The summed E-state index contributed by atoms with van der Waals surface area (Å²) in [5, 5.41) is 0. The summed E-state index contributed by atoms with van der Waals surface area (Å²) in [5.74, 6) is -3.63. The first-order valence-electron chi connectivity index (χ1n) is 8.91. The van der Waals surface area contributed by atoms with Crippen LogP contribution in [-0.2, 0) is 4.79 Å². The molecule has 4 nitrogen and oxygen atoms in total. The van der Waals surface area contributed by atoms with Crippen molar-refractivity contribution >= 4 is 11.6 Å². The maximum Gasteiger partial charge on any atom is 0.401 e. The predicted molar refractivity (Wildman–Crippen MR) is 100.0 cm³/mol. The van der Waals surface area contributed by atoms with E-state index in [0.717, 1.165) is 0 Å². The number of anilines is 1. The number of halogens is 3. The summed E-state index contributed by atoms with van der Waals surface area (Å²) in [6.07, 6.45) is -4.70. The normalized spacial score (nSPS) is 19.6. The number of fused-ring (bicyclic) bond motifs is 1. The van der Waals surface area contributed by atoms with Gasteiger partial charge >= 0.3 is 6.18 Å². The summed E-state index contributed by atoms with van der Waals surface area (Å²) in [5.41, 5.74) is 1.22. The number of hydrogen-bond donors (Lipinski definition) is 0. The summed E-state index contributed by atoms with van der Waals surface area (Å²) in [6, 6.07) is 11.0. The number of amides is 1. The van der Waals surface area contributed by atoms with Crippen LogP contribution >= 0.6 is 0 Å². The summed E-state index contributed by atoms with van der Waals surface area (Å²) < 4.78 is 52.9. The van der Waals surface area contributed by atoms with Crippen LogP contribution in [0.2, 0.25) is 0 Å². The molecule has 0 aliphatic carbocycles. The van der Waals surface area contributed by atoms with E-state index in [1.165, 1.54) is 19.1 Å². The van der Waals surface area contributed by atoms with Crippen molar-refractivity contribution in [2.45, 2.75) is 32.0 Å². The van der Waals surface area contributed by atoms with Gasteiger partial charge in [0.2, 0.25) is 5.91 Å². The van der Waals surface area contributed by atoms with Crippen molar-refractivity contribution in [1.82, 2.24) is 0 Å². The molecular weight excluding hydrogens is 371 g/mol. The number of ether oxygens (including phenoxy) is 2. The second kappa shape index (κ2) is 7.37. The smallest absolute Gasteiger partial charge is 0.401 e. The second-order valence-electron chi connectivity index (χ2n) is 6.98. The molecule has 3 rings (SSSR count). The van der Waals surface area contributed by atoms with E-state index in [4.69, 9.17) is 9.47 Å². The molecule has 2 atom stereocenters. The molecule has 0 unspecified atom stereocenters. The molecule has 1 aliphatic rings. The van der Waals surface area contributed by atoms with Crippen LogP contribution in [0.25, 0.3) is 0 Å². The van der Waals surface area contributed by atoms with Crippen LogP contribution in [0.15, 0.2) is 42.5 Å². The summed E-state index contributed by atoms with van der Waals surface area (Å²) in [4.78, 5) is 14.3. The third-order valence-electron chi connectivity index (χ3n) is 4.99. The van der Waals surface area contributed by atoms with E-state index in [1.807, 2.05) is 0 Å². The van der Waals surface area contributed by atoms with E-state index >= 15 is 0 Å². The van der Waals surface area contributed by atoms with Crippen molar-refractivity contribution in [3.8, 4) is 11.5 Å². The van der Waals surface area contributed by atoms with Gasteiger partial charge in [0, 0.05) is 18.0 Å². The zero-order valence-corrected chi connectivity index (χ0v) is 16.1. The number of alkyl halides is 3. The van der Waals surface area contributed by atoms with E-state index in [1.54, 1.807) is 56.3 Å². The van der Waals surface area contributed by atoms with Crippen molar-refractivity contribution < 1.29 is 27.4 Å². The van der Waals surface area contributed by atoms with Crippen LogP contribution < -0.4 is 14.4 Å². The van der Waals surface area contributed by atoms with Crippen LogP contribution in [0.1, 0.15) is 30.9 Å². The highest BCUT2D eigenvalue weighted by molar-refractivity contribution is 6.01. The first-order valence-corrected chi connectivity index (χ1v) is 8.91. The Bertz CT molecular complexity index is 865. The summed E-state index contributed by atoms with van der Waals surface area (Å²) in [7, 11) is 2.87. The number of rotatable bonds is 4. The van der Waals surface area contributed by atoms with Gasteiger partial charge in [0.05, 0.1) is 19.9 Å². The quantitative estimate of drug-likeness (QED) is 0.751. The Balaban J connectivity index is 2.35. The topological polar surface area (TPSA) is 38.8 Å². The van der Waals surface area contributed by atoms with Crippen molar-refractivity contribution in [2.75, 3.05) is 19.1 Å². The lowest BCUT2D eigenvalue weighted by Crippen LogP contribution is -2.52. The second-order valence-corrected chi connectivity index (χ2v) is 6.98. The molecule has 0 bridgehead atoms. The Labute approximate surface area is 161 Å². The van der Waals surface area contributed by atoms with Gasteiger partial charge in [-0.1, -0.05) is 30.3 Å². The van der Waals surface area contributed by atoms with Crippen LogP contribution in [-0.4, -0.2) is 32.3 Å². The van der Waals surface area contributed by atoms with E-state index in [9.17, 15) is 18.0 Å². The Kier molecular flexibility index (Phi) is 5.28. The highest BCUT2D eigenvalue weighted by atomic mass is 19.4. The Morgan fingerprint density at radius 3 is 2.07 bits per heavy atom. The van der Waals surface area contributed by atoms with Gasteiger partial charge in [0.25, 0.3) is 0 Å². The lowest BCUT2D eigenvalue weighted by molar-refractivity contribution is -0.185. The highest BCUT2D eigenvalue weighted by Gasteiger charge is 2.56. The standard InChI is InChI=1S/C21H22F3NO3/c1-12(2)25-15-11-17(28-4)16(27-3)10-14(15)18(13-8-6-5-7-9-13)19(20(25)26)21(22,23)24/h5-12,18-19H,1-4H3/t18-,19+/m0/s1. The zero-order chi connectivity index (χ0) is 20.6. The molecule has 1 heterocycles. The molecule has 0 radical (unpaired) electrons.